The average molecular weight is 409 g/mol. The summed E-state index contributed by atoms with van der Waals surface area (Å²) in [7, 11) is 0. The van der Waals surface area contributed by atoms with Crippen LogP contribution < -0.4 is 60.4 Å². The van der Waals surface area contributed by atoms with Gasteiger partial charge in [-0.1, -0.05) is 0 Å². The molecule has 22 heavy (non-hydrogen) atoms. The zero-order chi connectivity index (χ0) is 17.9. The predicted octanol–water partition coefficient (Wildman–Crippen LogP) is -8.18. The van der Waals surface area contributed by atoms with E-state index in [0.717, 1.165) is 0 Å². The molecule has 0 aliphatic rings. The zero-order valence-corrected chi connectivity index (χ0v) is 13.4. The van der Waals surface area contributed by atoms with Crippen LogP contribution in [-0.2, 0) is 26.2 Å². The fourth-order valence-electron chi connectivity index (χ4n) is 0. The normalized spacial score (nSPS) is 5.45. The molecule has 14 N–H and O–H groups in total. The second-order valence-electron chi connectivity index (χ2n) is 1.60. The predicted molar refractivity (Wildman–Crippen MR) is 53.9 cm³/mol. The Morgan fingerprint density at radius 1 is 0.455 bits per heavy atom. The summed E-state index contributed by atoms with van der Waals surface area (Å²) in [4.78, 5) is 43.3. The first-order valence-electron chi connectivity index (χ1n) is 3.48. The van der Waals surface area contributed by atoms with E-state index in [0.29, 0.717) is 0 Å². The molecule has 128 valence electrons. The number of rotatable bonds is 0. The van der Waals surface area contributed by atoms with Crippen LogP contribution in [0.3, 0.4) is 0 Å². The second-order valence-corrected chi connectivity index (χ2v) is 1.60. The van der Waals surface area contributed by atoms with Gasteiger partial charge >= 0.3 is 26.2 Å². The molecule has 0 atom stereocenters. The maximum absolute atomic E-state index is 8.67. The summed E-state index contributed by atoms with van der Waals surface area (Å²) in [5.74, 6) is 0. The van der Waals surface area contributed by atoms with Crippen molar-refractivity contribution < 1.29 is 75.7 Å². The standard InChI is InChI=1S/5CH3NO2.H3N.Zr/c5*2-1(3)4;;/h5*2H2,(H,3,4);1H3;/q;;;;;;+4/p-4. The van der Waals surface area contributed by atoms with Crippen LogP contribution in [0.15, 0.2) is 0 Å². The van der Waals surface area contributed by atoms with Gasteiger partial charge in [0.1, 0.15) is 30.5 Å². The molecule has 0 unspecified atom stereocenters. The van der Waals surface area contributed by atoms with Crippen molar-refractivity contribution in [2.24, 2.45) is 28.7 Å². The maximum Gasteiger partial charge on any atom is 4.00 e. The van der Waals surface area contributed by atoms with Gasteiger partial charge in [0.25, 0.3) is 0 Å². The molecule has 0 bridgehead atoms. The van der Waals surface area contributed by atoms with Gasteiger partial charge in [-0.15, -0.1) is 0 Å². The van der Waals surface area contributed by atoms with Crippen molar-refractivity contribution in [3.63, 3.8) is 0 Å². The van der Waals surface area contributed by atoms with Crippen molar-refractivity contribution in [1.29, 1.82) is 0 Å². The number of amides is 5. The van der Waals surface area contributed by atoms with Gasteiger partial charge in [-0.3, -0.25) is 0 Å². The molecule has 17 heteroatoms. The first-order chi connectivity index (χ1) is 8.66. The van der Waals surface area contributed by atoms with Crippen molar-refractivity contribution in [2.75, 3.05) is 0 Å². The van der Waals surface area contributed by atoms with Crippen molar-refractivity contribution in [1.82, 2.24) is 6.15 Å². The Morgan fingerprint density at radius 2 is 0.455 bits per heavy atom. The number of quaternary nitrogens is 1. The number of nitrogens with two attached hydrogens (primary N) is 5. The summed E-state index contributed by atoms with van der Waals surface area (Å²) in [5.41, 5.74) is 19.6. The largest absolute Gasteiger partial charge is 4.00 e. The molecule has 0 saturated carbocycles. The summed E-state index contributed by atoms with van der Waals surface area (Å²) in [6.45, 7) is 0. The molecule has 0 aliphatic carbocycles. The number of carboxylic acid groups (broad SMARTS) is 5. The number of hydrogen-bond donors (Lipinski definition) is 6. The monoisotopic (exact) mass is 408 g/mol. The second kappa shape index (κ2) is 36.2. The third-order valence-corrected chi connectivity index (χ3v) is 0. The van der Waals surface area contributed by atoms with Crippen LogP contribution in [0.5, 0.6) is 0 Å². The number of carbonyl (C=O) groups excluding carboxylic acids is 5. The van der Waals surface area contributed by atoms with E-state index in [1.54, 1.807) is 0 Å². The third-order valence-electron chi connectivity index (χ3n) is 0. The Hall–Kier alpha value is -2.81. The molecule has 0 aromatic heterocycles. The molecule has 0 fully saturated rings. The molecule has 0 aliphatic heterocycles. The van der Waals surface area contributed by atoms with E-state index >= 15 is 0 Å². The van der Waals surface area contributed by atoms with E-state index in [1.165, 1.54) is 0 Å². The Labute approximate surface area is 141 Å². The van der Waals surface area contributed by atoms with E-state index in [-0.39, 0.29) is 32.4 Å². The van der Waals surface area contributed by atoms with Gasteiger partial charge in [0.05, 0.1) is 0 Å². The van der Waals surface area contributed by atoms with E-state index in [4.69, 9.17) is 49.5 Å². The van der Waals surface area contributed by atoms with Crippen molar-refractivity contribution in [3.8, 4) is 0 Å². The van der Waals surface area contributed by atoms with Crippen molar-refractivity contribution in [2.45, 2.75) is 0 Å². The van der Waals surface area contributed by atoms with Gasteiger partial charge in [0.2, 0.25) is 0 Å². The van der Waals surface area contributed by atoms with Gasteiger partial charge in [-0.25, -0.2) is 0 Å². The quantitative estimate of drug-likeness (QED) is 0.219. The van der Waals surface area contributed by atoms with Crippen LogP contribution in [0.1, 0.15) is 0 Å². The van der Waals surface area contributed by atoms with Gasteiger partial charge in [0.15, 0.2) is 0 Å². The van der Waals surface area contributed by atoms with Gasteiger partial charge in [-0.05, 0) is 0 Å². The summed E-state index contributed by atoms with van der Waals surface area (Å²) in [6.07, 6.45) is -7.92. The fraction of sp³-hybridized carbons (Fsp3) is 0. The molecule has 0 aromatic rings. The molecule has 5 amide bonds. The Balaban J connectivity index is -0.0000000250. The minimum Gasteiger partial charge on any atom is -0.530 e. The first-order valence-corrected chi connectivity index (χ1v) is 3.48. The van der Waals surface area contributed by atoms with Crippen LogP contribution in [0.4, 0.5) is 24.0 Å². The van der Waals surface area contributed by atoms with Gasteiger partial charge < -0.3 is 84.3 Å². The zero-order valence-electron chi connectivity index (χ0n) is 11.0. The molecule has 0 spiro atoms. The van der Waals surface area contributed by atoms with Crippen LogP contribution in [0.25, 0.3) is 0 Å². The average Bonchev–Trinajstić information content (AvgIpc) is 1.94. The minimum atomic E-state index is -1.58. The summed E-state index contributed by atoms with van der Waals surface area (Å²) < 4.78 is 0. The molecule has 0 radical (unpaired) electrons. The van der Waals surface area contributed by atoms with Gasteiger partial charge in [0, 0.05) is 0 Å². The first kappa shape index (κ1) is 42.7. The third kappa shape index (κ3) is 572. The number of primary amides is 5. The smallest absolute Gasteiger partial charge is 0.530 e. The molecule has 0 heterocycles. The topological polar surface area (TPSA) is 367 Å². The maximum atomic E-state index is 8.67. The molecular formula is C5H14N6O10Zr. The van der Waals surface area contributed by atoms with Crippen molar-refractivity contribution >= 4 is 30.5 Å². The SMILES string of the molecule is NC(=O)[O-].NC(=O)[O-].NC(=O)[O-].NC(=O)[O-].NC(=O)[O-].[NH4+].[Zr+4]. The molecule has 0 rings (SSSR count). The molecule has 16 nitrogen and oxygen atoms in total. The van der Waals surface area contributed by atoms with Gasteiger partial charge in [-0.2, -0.15) is 0 Å². The van der Waals surface area contributed by atoms with Crippen molar-refractivity contribution in [3.05, 3.63) is 0 Å². The van der Waals surface area contributed by atoms with E-state index in [1.807, 2.05) is 0 Å². The summed E-state index contributed by atoms with van der Waals surface area (Å²) >= 11 is 0. The molecule has 0 saturated heterocycles. The Morgan fingerprint density at radius 3 is 0.455 bits per heavy atom. The number of carbonyl (C=O) groups is 5. The Bertz CT molecular complexity index is 223. The van der Waals surface area contributed by atoms with Crippen LogP contribution in [0.2, 0.25) is 0 Å². The number of hydrogen-bond acceptors (Lipinski definition) is 10. The van der Waals surface area contributed by atoms with Crippen LogP contribution >= 0.6 is 0 Å². The minimum absolute atomic E-state index is 0. The van der Waals surface area contributed by atoms with E-state index in [9.17, 15) is 0 Å². The summed E-state index contributed by atoms with van der Waals surface area (Å²) in [5, 5.41) is 43.3. The molecule has 0 aromatic carbocycles. The van der Waals surface area contributed by atoms with E-state index in [2.05, 4.69) is 28.7 Å². The van der Waals surface area contributed by atoms with Crippen LogP contribution in [-0.4, -0.2) is 30.5 Å². The van der Waals surface area contributed by atoms with Crippen LogP contribution in [0, 0.1) is 0 Å². The Kier molecular flexibility index (Phi) is 70.3. The summed E-state index contributed by atoms with van der Waals surface area (Å²) in [6, 6.07) is 0. The molecular weight excluding hydrogens is 395 g/mol. The fourth-order valence-corrected chi connectivity index (χ4v) is 0. The van der Waals surface area contributed by atoms with E-state index < -0.39 is 30.5 Å².